The van der Waals surface area contributed by atoms with Gasteiger partial charge >= 0.3 is 0 Å². The molecule has 0 bridgehead atoms. The molecule has 5 nitrogen and oxygen atoms in total. The number of methoxy groups -OCH3 is 1. The number of halogens is 2. The fourth-order valence-electron chi connectivity index (χ4n) is 2.81. The summed E-state index contributed by atoms with van der Waals surface area (Å²) < 4.78 is 13.8. The van der Waals surface area contributed by atoms with E-state index in [4.69, 9.17) is 21.1 Å². The number of hydrogen-bond donors (Lipinski definition) is 0. The average molecular weight is 476 g/mol. The SMILES string of the molecule is CCn1nccc1C(=O)/C=C/c1ccc(OC)c(COc2ccc(Cl)cc2Br)c1. The quantitative estimate of drug-likeness (QED) is 0.305. The maximum atomic E-state index is 12.4. The van der Waals surface area contributed by atoms with Crippen LogP contribution in [0.3, 0.4) is 0 Å². The molecule has 0 aliphatic rings. The van der Waals surface area contributed by atoms with Crippen LogP contribution in [0.1, 0.15) is 28.5 Å². The maximum absolute atomic E-state index is 12.4. The topological polar surface area (TPSA) is 53.4 Å². The largest absolute Gasteiger partial charge is 0.496 e. The lowest BCUT2D eigenvalue weighted by Crippen LogP contribution is -2.07. The molecule has 2 aromatic carbocycles. The van der Waals surface area contributed by atoms with E-state index < -0.39 is 0 Å². The van der Waals surface area contributed by atoms with Crippen molar-refractivity contribution in [3.8, 4) is 11.5 Å². The summed E-state index contributed by atoms with van der Waals surface area (Å²) in [6, 6.07) is 12.7. The van der Waals surface area contributed by atoms with E-state index in [0.717, 1.165) is 15.6 Å². The minimum atomic E-state index is -0.0944. The van der Waals surface area contributed by atoms with Crippen molar-refractivity contribution in [2.24, 2.45) is 0 Å². The zero-order valence-electron chi connectivity index (χ0n) is 16.1. The van der Waals surface area contributed by atoms with E-state index in [1.165, 1.54) is 0 Å². The Kier molecular flexibility index (Phi) is 7.12. The molecular weight excluding hydrogens is 456 g/mol. The molecule has 1 aromatic heterocycles. The Morgan fingerprint density at radius 2 is 2.00 bits per heavy atom. The summed E-state index contributed by atoms with van der Waals surface area (Å²) in [6.45, 7) is 2.90. The molecule has 0 saturated heterocycles. The van der Waals surface area contributed by atoms with E-state index in [-0.39, 0.29) is 5.78 Å². The molecular formula is C22H20BrClN2O3. The van der Waals surface area contributed by atoms with E-state index >= 15 is 0 Å². The van der Waals surface area contributed by atoms with Crippen LogP contribution in [-0.4, -0.2) is 22.7 Å². The van der Waals surface area contributed by atoms with Crippen LogP contribution in [0.5, 0.6) is 11.5 Å². The standard InChI is InChI=1S/C22H20BrClN2O3/c1-3-26-19(10-11-25-26)20(27)7-4-15-5-8-21(28-2)16(12-15)14-29-22-9-6-17(24)13-18(22)23/h4-13H,3,14H2,1-2H3/b7-4+. The lowest BCUT2D eigenvalue weighted by atomic mass is 10.1. The number of allylic oxidation sites excluding steroid dienone is 1. The minimum absolute atomic E-state index is 0.0944. The molecule has 0 aliphatic carbocycles. The van der Waals surface area contributed by atoms with E-state index in [9.17, 15) is 4.79 Å². The summed E-state index contributed by atoms with van der Waals surface area (Å²) in [4.78, 5) is 12.4. The molecule has 0 spiro atoms. The van der Waals surface area contributed by atoms with Gasteiger partial charge in [0, 0.05) is 23.3 Å². The van der Waals surface area contributed by atoms with Crippen LogP contribution < -0.4 is 9.47 Å². The van der Waals surface area contributed by atoms with Crippen LogP contribution in [0, 0.1) is 0 Å². The summed E-state index contributed by atoms with van der Waals surface area (Å²) >= 11 is 9.42. The van der Waals surface area contributed by atoms with Gasteiger partial charge in [0.25, 0.3) is 0 Å². The number of benzene rings is 2. The first kappa shape index (κ1) is 21.1. The van der Waals surface area contributed by atoms with Crippen molar-refractivity contribution >= 4 is 39.4 Å². The van der Waals surface area contributed by atoms with E-state index in [1.807, 2.05) is 25.1 Å². The van der Waals surface area contributed by atoms with Gasteiger partial charge in [0.2, 0.25) is 5.78 Å². The van der Waals surface area contributed by atoms with Crippen molar-refractivity contribution in [2.75, 3.05) is 7.11 Å². The molecule has 0 N–H and O–H groups in total. The average Bonchev–Trinajstić information content (AvgIpc) is 3.20. The van der Waals surface area contributed by atoms with Crippen molar-refractivity contribution in [3.63, 3.8) is 0 Å². The molecule has 0 amide bonds. The van der Waals surface area contributed by atoms with E-state index in [0.29, 0.717) is 35.4 Å². The van der Waals surface area contributed by atoms with Crippen LogP contribution in [0.25, 0.3) is 6.08 Å². The first-order valence-electron chi connectivity index (χ1n) is 9.00. The molecule has 0 fully saturated rings. The number of carbonyl (C=O) groups is 1. The van der Waals surface area contributed by atoms with Gasteiger partial charge in [-0.2, -0.15) is 5.10 Å². The van der Waals surface area contributed by atoms with Crippen LogP contribution in [-0.2, 0) is 13.2 Å². The zero-order valence-corrected chi connectivity index (χ0v) is 18.4. The number of hydrogen-bond acceptors (Lipinski definition) is 4. The Balaban J connectivity index is 1.76. The highest BCUT2D eigenvalue weighted by molar-refractivity contribution is 9.10. The Morgan fingerprint density at radius 1 is 1.21 bits per heavy atom. The maximum Gasteiger partial charge on any atom is 0.203 e. The predicted molar refractivity (Wildman–Crippen MR) is 118 cm³/mol. The monoisotopic (exact) mass is 474 g/mol. The number of nitrogens with zero attached hydrogens (tertiary/aromatic N) is 2. The summed E-state index contributed by atoms with van der Waals surface area (Å²) in [5.74, 6) is 1.30. The molecule has 0 radical (unpaired) electrons. The van der Waals surface area contributed by atoms with E-state index in [2.05, 4.69) is 21.0 Å². The number of aromatic nitrogens is 2. The Hall–Kier alpha value is -2.57. The molecule has 7 heteroatoms. The Labute approximate surface area is 183 Å². The highest BCUT2D eigenvalue weighted by atomic mass is 79.9. The summed E-state index contributed by atoms with van der Waals surface area (Å²) in [7, 11) is 1.61. The van der Waals surface area contributed by atoms with Crippen molar-refractivity contribution in [1.82, 2.24) is 9.78 Å². The number of aryl methyl sites for hydroxylation is 1. The molecule has 150 valence electrons. The molecule has 3 rings (SSSR count). The predicted octanol–water partition coefficient (Wildman–Crippen LogP) is 5.80. The third-order valence-electron chi connectivity index (χ3n) is 4.28. The first-order valence-corrected chi connectivity index (χ1v) is 10.2. The van der Waals surface area contributed by atoms with Crippen molar-refractivity contribution < 1.29 is 14.3 Å². The van der Waals surface area contributed by atoms with Gasteiger partial charge in [-0.3, -0.25) is 9.48 Å². The first-order chi connectivity index (χ1) is 14.0. The van der Waals surface area contributed by atoms with Gasteiger partial charge in [-0.15, -0.1) is 0 Å². The van der Waals surface area contributed by atoms with E-state index in [1.54, 1.807) is 54.4 Å². The second kappa shape index (κ2) is 9.76. The summed E-state index contributed by atoms with van der Waals surface area (Å²) in [5, 5.41) is 4.76. The number of ketones is 1. The number of carbonyl (C=O) groups excluding carboxylic acids is 1. The van der Waals surface area contributed by atoms with Crippen LogP contribution >= 0.6 is 27.5 Å². The van der Waals surface area contributed by atoms with Gasteiger partial charge in [-0.1, -0.05) is 23.7 Å². The smallest absolute Gasteiger partial charge is 0.203 e. The third-order valence-corrected chi connectivity index (χ3v) is 5.13. The van der Waals surface area contributed by atoms with Gasteiger partial charge in [-0.25, -0.2) is 0 Å². The fourth-order valence-corrected chi connectivity index (χ4v) is 3.61. The minimum Gasteiger partial charge on any atom is -0.496 e. The second-order valence-corrected chi connectivity index (χ2v) is 7.46. The lowest BCUT2D eigenvalue weighted by Gasteiger charge is -2.12. The van der Waals surface area contributed by atoms with Crippen molar-refractivity contribution in [1.29, 1.82) is 0 Å². The zero-order chi connectivity index (χ0) is 20.8. The normalized spacial score (nSPS) is 11.0. The summed E-state index contributed by atoms with van der Waals surface area (Å²) in [6.07, 6.45) is 4.95. The molecule has 29 heavy (non-hydrogen) atoms. The highest BCUT2D eigenvalue weighted by Gasteiger charge is 2.09. The molecule has 0 aliphatic heterocycles. The van der Waals surface area contributed by atoms with Crippen molar-refractivity contribution in [2.45, 2.75) is 20.1 Å². The number of ether oxygens (including phenoxy) is 2. The highest BCUT2D eigenvalue weighted by Crippen LogP contribution is 2.30. The third kappa shape index (κ3) is 5.28. The Morgan fingerprint density at radius 3 is 2.72 bits per heavy atom. The lowest BCUT2D eigenvalue weighted by molar-refractivity contribution is 0.103. The molecule has 0 saturated carbocycles. The van der Waals surface area contributed by atoms with Gasteiger partial charge in [0.1, 0.15) is 23.8 Å². The molecule has 3 aromatic rings. The molecule has 0 unspecified atom stereocenters. The van der Waals surface area contributed by atoms with Crippen LogP contribution in [0.15, 0.2) is 59.2 Å². The molecule has 0 atom stereocenters. The summed E-state index contributed by atoms with van der Waals surface area (Å²) in [5.41, 5.74) is 2.30. The van der Waals surface area contributed by atoms with Gasteiger partial charge in [0.05, 0.1) is 11.6 Å². The number of rotatable bonds is 8. The van der Waals surface area contributed by atoms with Crippen LogP contribution in [0.2, 0.25) is 5.02 Å². The van der Waals surface area contributed by atoms with Gasteiger partial charge in [0.15, 0.2) is 0 Å². The Bertz CT molecular complexity index is 1050. The fraction of sp³-hybridized carbons (Fsp3) is 0.182. The van der Waals surface area contributed by atoms with Crippen LogP contribution in [0.4, 0.5) is 0 Å². The van der Waals surface area contributed by atoms with Gasteiger partial charge in [-0.05, 0) is 70.9 Å². The molecule has 1 heterocycles. The van der Waals surface area contributed by atoms with Gasteiger partial charge < -0.3 is 9.47 Å². The second-order valence-electron chi connectivity index (χ2n) is 6.16. The van der Waals surface area contributed by atoms with Crippen molar-refractivity contribution in [3.05, 3.63) is 81.1 Å².